The van der Waals surface area contributed by atoms with Gasteiger partial charge in [-0.15, -0.1) is 11.3 Å². The van der Waals surface area contributed by atoms with Gasteiger partial charge in [-0.1, -0.05) is 19.9 Å². The number of aryl methyl sites for hydroxylation is 2. The summed E-state index contributed by atoms with van der Waals surface area (Å²) in [6, 6.07) is 2.69. The number of hydrogen-bond donors (Lipinski definition) is 1. The maximum absolute atomic E-state index is 4.55. The molecule has 5 heteroatoms. The average molecular weight is 293 g/mol. The van der Waals surface area contributed by atoms with Crippen LogP contribution in [-0.2, 0) is 6.54 Å². The molecule has 1 N–H and O–H groups in total. The minimum atomic E-state index is 0.493. The normalized spacial score (nSPS) is 11.2. The summed E-state index contributed by atoms with van der Waals surface area (Å²) in [5, 5.41) is 6.52. The molecule has 0 spiro atoms. The Bertz CT molecular complexity index is 549. The van der Waals surface area contributed by atoms with E-state index in [4.69, 9.17) is 0 Å². The van der Waals surface area contributed by atoms with Crippen LogP contribution in [0.5, 0.6) is 0 Å². The summed E-state index contributed by atoms with van der Waals surface area (Å²) in [7, 11) is 0. The standard InChI is InChI=1S/C14H19N3S2/c1-9(2)15-6-12-5-10(3)13(16-7-12)19-14-17-11(4)8-18-14/h5,7-9,15H,6H2,1-4H3. The van der Waals surface area contributed by atoms with Gasteiger partial charge in [0.25, 0.3) is 0 Å². The van der Waals surface area contributed by atoms with E-state index in [1.165, 1.54) is 11.1 Å². The van der Waals surface area contributed by atoms with Crippen molar-refractivity contribution in [3.05, 3.63) is 34.5 Å². The van der Waals surface area contributed by atoms with Crippen LogP contribution >= 0.6 is 23.1 Å². The molecule has 0 bridgehead atoms. The van der Waals surface area contributed by atoms with Gasteiger partial charge in [0.1, 0.15) is 5.03 Å². The zero-order valence-electron chi connectivity index (χ0n) is 11.7. The van der Waals surface area contributed by atoms with E-state index in [1.54, 1.807) is 23.1 Å². The number of nitrogens with zero attached hydrogens (tertiary/aromatic N) is 2. The molecule has 0 aliphatic carbocycles. The highest BCUT2D eigenvalue weighted by Gasteiger charge is 2.07. The molecule has 0 radical (unpaired) electrons. The fourth-order valence-corrected chi connectivity index (χ4v) is 3.38. The first-order valence-corrected chi connectivity index (χ1v) is 8.03. The molecule has 3 nitrogen and oxygen atoms in total. The van der Waals surface area contributed by atoms with Crippen LogP contribution in [0.25, 0.3) is 0 Å². The second-order valence-electron chi connectivity index (χ2n) is 4.86. The number of rotatable bonds is 5. The maximum atomic E-state index is 4.55. The monoisotopic (exact) mass is 293 g/mol. The van der Waals surface area contributed by atoms with E-state index in [2.05, 4.69) is 47.5 Å². The van der Waals surface area contributed by atoms with Gasteiger partial charge in [0.05, 0.1) is 0 Å². The van der Waals surface area contributed by atoms with Gasteiger partial charge in [-0.2, -0.15) is 0 Å². The van der Waals surface area contributed by atoms with Crippen molar-refractivity contribution in [2.45, 2.75) is 49.6 Å². The summed E-state index contributed by atoms with van der Waals surface area (Å²) in [5.74, 6) is 0. The van der Waals surface area contributed by atoms with Gasteiger partial charge in [-0.05, 0) is 36.7 Å². The van der Waals surface area contributed by atoms with Crippen LogP contribution in [-0.4, -0.2) is 16.0 Å². The lowest BCUT2D eigenvalue weighted by Gasteiger charge is -2.09. The quantitative estimate of drug-likeness (QED) is 0.910. The molecule has 102 valence electrons. The zero-order chi connectivity index (χ0) is 13.8. The number of nitrogens with one attached hydrogen (secondary N) is 1. The lowest BCUT2D eigenvalue weighted by molar-refractivity contribution is 0.587. The Kier molecular flexibility index (Phi) is 4.96. The fourth-order valence-electron chi connectivity index (χ4n) is 1.61. The molecule has 0 atom stereocenters. The van der Waals surface area contributed by atoms with E-state index in [-0.39, 0.29) is 0 Å². The molecule has 0 aliphatic heterocycles. The molecule has 0 unspecified atom stereocenters. The van der Waals surface area contributed by atoms with Crippen LogP contribution in [0.4, 0.5) is 0 Å². The fraction of sp³-hybridized carbons (Fsp3) is 0.429. The SMILES string of the molecule is Cc1csc(Sc2ncc(CNC(C)C)cc2C)n1. The van der Waals surface area contributed by atoms with Crippen molar-refractivity contribution >= 4 is 23.1 Å². The Balaban J connectivity index is 2.06. The van der Waals surface area contributed by atoms with E-state index in [0.29, 0.717) is 6.04 Å². The van der Waals surface area contributed by atoms with Crippen LogP contribution in [0.1, 0.15) is 30.7 Å². The minimum Gasteiger partial charge on any atom is -0.310 e. The topological polar surface area (TPSA) is 37.8 Å². The summed E-state index contributed by atoms with van der Waals surface area (Å²) in [5.41, 5.74) is 3.51. The zero-order valence-corrected chi connectivity index (χ0v) is 13.4. The molecule has 0 fully saturated rings. The van der Waals surface area contributed by atoms with Crippen LogP contribution in [0.15, 0.2) is 27.0 Å². The van der Waals surface area contributed by atoms with Crippen molar-refractivity contribution in [1.29, 1.82) is 0 Å². The maximum Gasteiger partial charge on any atom is 0.156 e. The van der Waals surface area contributed by atoms with Gasteiger partial charge in [0.2, 0.25) is 0 Å². The molecule has 19 heavy (non-hydrogen) atoms. The minimum absolute atomic E-state index is 0.493. The van der Waals surface area contributed by atoms with Crippen LogP contribution in [0.2, 0.25) is 0 Å². The van der Waals surface area contributed by atoms with Gasteiger partial charge in [0, 0.05) is 29.9 Å². The summed E-state index contributed by atoms with van der Waals surface area (Å²) in [6.07, 6.45) is 1.95. The first kappa shape index (κ1) is 14.5. The molecule has 2 aromatic rings. The second-order valence-corrected chi connectivity index (χ2v) is 6.95. The van der Waals surface area contributed by atoms with Crippen LogP contribution < -0.4 is 5.32 Å². The summed E-state index contributed by atoms with van der Waals surface area (Å²) < 4.78 is 1.06. The van der Waals surface area contributed by atoms with Crippen LogP contribution in [0.3, 0.4) is 0 Å². The Hall–Kier alpha value is -0.910. The van der Waals surface area contributed by atoms with Gasteiger partial charge < -0.3 is 5.32 Å². The highest BCUT2D eigenvalue weighted by atomic mass is 32.2. The molecular formula is C14H19N3S2. The van der Waals surface area contributed by atoms with E-state index in [0.717, 1.165) is 21.6 Å². The highest BCUT2D eigenvalue weighted by Crippen LogP contribution is 2.31. The highest BCUT2D eigenvalue weighted by molar-refractivity contribution is 8.01. The molecule has 0 amide bonds. The number of pyridine rings is 1. The molecule has 0 aromatic carbocycles. The van der Waals surface area contributed by atoms with Crippen molar-refractivity contribution < 1.29 is 0 Å². The Morgan fingerprint density at radius 3 is 2.74 bits per heavy atom. The van der Waals surface area contributed by atoms with Gasteiger partial charge in [-0.3, -0.25) is 0 Å². The third-order valence-corrected chi connectivity index (χ3v) is 4.76. The molecule has 0 aliphatic rings. The van der Waals surface area contributed by atoms with E-state index in [1.807, 2.05) is 13.1 Å². The molecule has 2 rings (SSSR count). The second kappa shape index (κ2) is 6.50. The summed E-state index contributed by atoms with van der Waals surface area (Å²) in [6.45, 7) is 9.29. The molecule has 2 heterocycles. The molecule has 0 saturated carbocycles. The Morgan fingerprint density at radius 1 is 1.37 bits per heavy atom. The van der Waals surface area contributed by atoms with E-state index < -0.39 is 0 Å². The van der Waals surface area contributed by atoms with Crippen LogP contribution in [0, 0.1) is 13.8 Å². The molecule has 2 aromatic heterocycles. The lowest BCUT2D eigenvalue weighted by Crippen LogP contribution is -2.21. The third-order valence-electron chi connectivity index (χ3n) is 2.58. The van der Waals surface area contributed by atoms with Gasteiger partial charge in [-0.25, -0.2) is 9.97 Å². The predicted molar refractivity (Wildman–Crippen MR) is 81.9 cm³/mol. The van der Waals surface area contributed by atoms with Gasteiger partial charge in [0.15, 0.2) is 4.34 Å². The lowest BCUT2D eigenvalue weighted by atomic mass is 10.2. The number of aromatic nitrogens is 2. The summed E-state index contributed by atoms with van der Waals surface area (Å²) >= 11 is 3.31. The predicted octanol–water partition coefficient (Wildman–Crippen LogP) is 3.80. The Morgan fingerprint density at radius 2 is 2.16 bits per heavy atom. The smallest absolute Gasteiger partial charge is 0.156 e. The number of thiazole rings is 1. The van der Waals surface area contributed by atoms with Crippen molar-refractivity contribution in [3.63, 3.8) is 0 Å². The third kappa shape index (κ3) is 4.30. The first-order valence-electron chi connectivity index (χ1n) is 6.33. The van der Waals surface area contributed by atoms with Crippen molar-refractivity contribution in [2.75, 3.05) is 0 Å². The average Bonchev–Trinajstić information content (AvgIpc) is 2.75. The van der Waals surface area contributed by atoms with Crippen molar-refractivity contribution in [2.24, 2.45) is 0 Å². The van der Waals surface area contributed by atoms with E-state index >= 15 is 0 Å². The van der Waals surface area contributed by atoms with E-state index in [9.17, 15) is 0 Å². The van der Waals surface area contributed by atoms with Gasteiger partial charge >= 0.3 is 0 Å². The molecular weight excluding hydrogens is 274 g/mol. The Labute approximate surface area is 122 Å². The largest absolute Gasteiger partial charge is 0.310 e. The number of hydrogen-bond acceptors (Lipinski definition) is 5. The van der Waals surface area contributed by atoms with Crippen molar-refractivity contribution in [3.8, 4) is 0 Å². The first-order chi connectivity index (χ1) is 9.04. The summed E-state index contributed by atoms with van der Waals surface area (Å²) in [4.78, 5) is 9.01. The molecule has 0 saturated heterocycles. The van der Waals surface area contributed by atoms with Crippen molar-refractivity contribution in [1.82, 2.24) is 15.3 Å².